The van der Waals surface area contributed by atoms with Crippen LogP contribution < -0.4 is 5.32 Å². The van der Waals surface area contributed by atoms with Gasteiger partial charge in [0.15, 0.2) is 4.34 Å². The maximum atomic E-state index is 4.11. The van der Waals surface area contributed by atoms with Gasteiger partial charge >= 0.3 is 0 Å². The standard InChI is InChI=1S/C12H21N3S2/c1-10-14-15-12(17-10)16-8-7-13-9-11-5-3-2-4-6-11/h11,13H,2-9H2,1H3. The molecule has 1 aromatic heterocycles. The summed E-state index contributed by atoms with van der Waals surface area (Å²) in [5, 5.41) is 12.7. The minimum atomic E-state index is 0.928. The Bertz CT molecular complexity index is 321. The van der Waals surface area contributed by atoms with Gasteiger partial charge in [0.05, 0.1) is 0 Å². The van der Waals surface area contributed by atoms with E-state index in [0.29, 0.717) is 0 Å². The number of rotatable bonds is 6. The van der Waals surface area contributed by atoms with Gasteiger partial charge in [-0.3, -0.25) is 0 Å². The molecule has 0 bridgehead atoms. The molecule has 1 fully saturated rings. The Morgan fingerprint density at radius 2 is 2.12 bits per heavy atom. The van der Waals surface area contributed by atoms with Gasteiger partial charge in [-0.1, -0.05) is 42.4 Å². The lowest BCUT2D eigenvalue weighted by atomic mass is 9.89. The highest BCUT2D eigenvalue weighted by molar-refractivity contribution is 8.01. The molecular formula is C12H21N3S2. The first kappa shape index (κ1) is 13.3. The number of hydrogen-bond donors (Lipinski definition) is 1. The average molecular weight is 271 g/mol. The molecule has 1 aromatic rings. The second-order valence-corrected chi connectivity index (χ2v) is 7.17. The predicted molar refractivity (Wildman–Crippen MR) is 74.8 cm³/mol. The first-order valence-corrected chi connectivity index (χ1v) is 8.28. The van der Waals surface area contributed by atoms with E-state index >= 15 is 0 Å². The van der Waals surface area contributed by atoms with Crippen LogP contribution in [-0.2, 0) is 0 Å². The van der Waals surface area contributed by atoms with Crippen molar-refractivity contribution in [2.45, 2.75) is 43.4 Å². The van der Waals surface area contributed by atoms with Gasteiger partial charge in [0.1, 0.15) is 5.01 Å². The monoisotopic (exact) mass is 271 g/mol. The van der Waals surface area contributed by atoms with E-state index in [9.17, 15) is 0 Å². The summed E-state index contributed by atoms with van der Waals surface area (Å²) in [7, 11) is 0. The van der Waals surface area contributed by atoms with Crippen molar-refractivity contribution in [3.05, 3.63) is 5.01 Å². The second kappa shape index (κ2) is 7.34. The smallest absolute Gasteiger partial charge is 0.174 e. The molecule has 1 aliphatic carbocycles. The Kier molecular flexibility index (Phi) is 5.74. The number of aryl methyl sites for hydroxylation is 1. The molecule has 0 unspecified atom stereocenters. The first-order chi connectivity index (χ1) is 8.34. The van der Waals surface area contributed by atoms with Crippen LogP contribution >= 0.6 is 23.1 Å². The van der Waals surface area contributed by atoms with E-state index < -0.39 is 0 Å². The highest BCUT2D eigenvalue weighted by Crippen LogP contribution is 2.23. The Hall–Kier alpha value is -0.130. The molecule has 0 atom stereocenters. The average Bonchev–Trinajstić information content (AvgIpc) is 2.76. The molecule has 96 valence electrons. The Morgan fingerprint density at radius 1 is 1.29 bits per heavy atom. The van der Waals surface area contributed by atoms with E-state index in [1.807, 2.05) is 18.7 Å². The Labute approximate surface area is 112 Å². The first-order valence-electron chi connectivity index (χ1n) is 6.48. The Balaban J connectivity index is 1.51. The number of nitrogens with one attached hydrogen (secondary N) is 1. The third kappa shape index (κ3) is 4.94. The van der Waals surface area contributed by atoms with Crippen molar-refractivity contribution in [1.82, 2.24) is 15.5 Å². The quantitative estimate of drug-likeness (QED) is 0.637. The summed E-state index contributed by atoms with van der Waals surface area (Å²) >= 11 is 3.50. The summed E-state index contributed by atoms with van der Waals surface area (Å²) in [6, 6.07) is 0. The van der Waals surface area contributed by atoms with E-state index in [1.54, 1.807) is 11.3 Å². The number of aromatic nitrogens is 2. The van der Waals surface area contributed by atoms with Gasteiger partial charge in [0.2, 0.25) is 0 Å². The summed E-state index contributed by atoms with van der Waals surface area (Å²) in [5.41, 5.74) is 0. The van der Waals surface area contributed by atoms with Gasteiger partial charge in [-0.2, -0.15) is 0 Å². The third-order valence-electron chi connectivity index (χ3n) is 3.17. The minimum Gasteiger partial charge on any atom is -0.316 e. The van der Waals surface area contributed by atoms with Crippen LogP contribution in [0.25, 0.3) is 0 Å². The van der Waals surface area contributed by atoms with E-state index in [1.165, 1.54) is 38.6 Å². The predicted octanol–water partition coefficient (Wildman–Crippen LogP) is 3.11. The highest BCUT2D eigenvalue weighted by atomic mass is 32.2. The fourth-order valence-corrected chi connectivity index (χ4v) is 4.03. The lowest BCUT2D eigenvalue weighted by Crippen LogP contribution is -2.26. The number of thioether (sulfide) groups is 1. The molecule has 0 aromatic carbocycles. The number of hydrogen-bond acceptors (Lipinski definition) is 5. The zero-order valence-corrected chi connectivity index (χ0v) is 12.1. The fourth-order valence-electron chi connectivity index (χ4n) is 2.24. The molecule has 17 heavy (non-hydrogen) atoms. The van der Waals surface area contributed by atoms with Gasteiger partial charge < -0.3 is 5.32 Å². The van der Waals surface area contributed by atoms with Crippen molar-refractivity contribution in [3.8, 4) is 0 Å². The van der Waals surface area contributed by atoms with E-state index in [4.69, 9.17) is 0 Å². The largest absolute Gasteiger partial charge is 0.316 e. The summed E-state index contributed by atoms with van der Waals surface area (Å²) < 4.78 is 1.10. The summed E-state index contributed by atoms with van der Waals surface area (Å²) in [6.45, 7) is 4.29. The van der Waals surface area contributed by atoms with E-state index in [0.717, 1.165) is 27.6 Å². The molecule has 1 N–H and O–H groups in total. The van der Waals surface area contributed by atoms with Crippen molar-refractivity contribution in [3.63, 3.8) is 0 Å². The van der Waals surface area contributed by atoms with E-state index in [2.05, 4.69) is 15.5 Å². The highest BCUT2D eigenvalue weighted by Gasteiger charge is 2.12. The molecule has 0 radical (unpaired) electrons. The molecule has 2 rings (SSSR count). The van der Waals surface area contributed by atoms with Crippen LogP contribution in [0.3, 0.4) is 0 Å². The molecule has 3 nitrogen and oxygen atoms in total. The topological polar surface area (TPSA) is 37.8 Å². The molecular weight excluding hydrogens is 250 g/mol. The maximum Gasteiger partial charge on any atom is 0.174 e. The molecule has 0 aliphatic heterocycles. The lowest BCUT2D eigenvalue weighted by molar-refractivity contribution is 0.345. The van der Waals surface area contributed by atoms with Crippen LogP contribution in [-0.4, -0.2) is 29.0 Å². The van der Waals surface area contributed by atoms with Crippen LogP contribution in [0, 0.1) is 12.8 Å². The summed E-state index contributed by atoms with van der Waals surface area (Å²) in [6.07, 6.45) is 7.17. The second-order valence-electron chi connectivity index (χ2n) is 4.64. The zero-order valence-electron chi connectivity index (χ0n) is 10.4. The van der Waals surface area contributed by atoms with Crippen LogP contribution in [0.1, 0.15) is 37.1 Å². The fraction of sp³-hybridized carbons (Fsp3) is 0.833. The Morgan fingerprint density at radius 3 is 2.82 bits per heavy atom. The summed E-state index contributed by atoms with van der Waals surface area (Å²) in [5.74, 6) is 2.03. The minimum absolute atomic E-state index is 0.928. The van der Waals surface area contributed by atoms with Crippen molar-refractivity contribution in [1.29, 1.82) is 0 Å². The third-order valence-corrected chi connectivity index (χ3v) is 5.14. The van der Waals surface area contributed by atoms with Gasteiger partial charge in [-0.05, 0) is 32.2 Å². The summed E-state index contributed by atoms with van der Waals surface area (Å²) in [4.78, 5) is 0. The van der Waals surface area contributed by atoms with Gasteiger partial charge in [-0.15, -0.1) is 10.2 Å². The molecule has 0 saturated heterocycles. The normalized spacial score (nSPS) is 17.5. The molecule has 0 amide bonds. The van der Waals surface area contributed by atoms with Crippen molar-refractivity contribution in [2.24, 2.45) is 5.92 Å². The lowest BCUT2D eigenvalue weighted by Gasteiger charge is -2.21. The van der Waals surface area contributed by atoms with Gasteiger partial charge in [-0.25, -0.2) is 0 Å². The number of nitrogens with zero attached hydrogens (tertiary/aromatic N) is 2. The van der Waals surface area contributed by atoms with Gasteiger partial charge in [0.25, 0.3) is 0 Å². The van der Waals surface area contributed by atoms with Crippen LogP contribution in [0.15, 0.2) is 4.34 Å². The van der Waals surface area contributed by atoms with Crippen molar-refractivity contribution in [2.75, 3.05) is 18.8 Å². The molecule has 1 heterocycles. The van der Waals surface area contributed by atoms with Crippen molar-refractivity contribution < 1.29 is 0 Å². The SMILES string of the molecule is Cc1nnc(SCCNCC2CCCCC2)s1. The molecule has 1 aliphatic rings. The van der Waals surface area contributed by atoms with Crippen molar-refractivity contribution >= 4 is 23.1 Å². The van der Waals surface area contributed by atoms with Crippen LogP contribution in [0.2, 0.25) is 0 Å². The zero-order chi connectivity index (χ0) is 11.9. The van der Waals surface area contributed by atoms with E-state index in [-0.39, 0.29) is 0 Å². The maximum absolute atomic E-state index is 4.11. The molecule has 5 heteroatoms. The van der Waals surface area contributed by atoms with Gasteiger partial charge in [0, 0.05) is 12.3 Å². The molecule has 1 saturated carbocycles. The van der Waals surface area contributed by atoms with Crippen LogP contribution in [0.5, 0.6) is 0 Å². The van der Waals surface area contributed by atoms with Crippen LogP contribution in [0.4, 0.5) is 0 Å². The molecule has 0 spiro atoms.